The van der Waals surface area contributed by atoms with Gasteiger partial charge >= 0.3 is 6.18 Å². The molecule has 2 N–H and O–H groups in total. The van der Waals surface area contributed by atoms with Gasteiger partial charge in [-0.15, -0.1) is 0 Å². The first-order chi connectivity index (χ1) is 20.1. The van der Waals surface area contributed by atoms with Crippen molar-refractivity contribution in [3.8, 4) is 11.3 Å². The molecular formula is C29H40F5N5O3S. The maximum absolute atomic E-state index is 13.5. The average Bonchev–Trinajstić information content (AvgIpc) is 3.27. The third-order valence-corrected chi connectivity index (χ3v) is 8.39. The van der Waals surface area contributed by atoms with Gasteiger partial charge in [0.25, 0.3) is 5.92 Å². The lowest BCUT2D eigenvalue weighted by atomic mass is 9.97. The normalized spacial score (nSPS) is 18.7. The number of halogens is 5. The number of alkyl halides is 5. The number of aldehydes is 1. The monoisotopic (exact) mass is 633 g/mol. The molecular weight excluding hydrogens is 593 g/mol. The number of allylic oxidation sites excluding steroid dienone is 2. The third kappa shape index (κ3) is 9.73. The van der Waals surface area contributed by atoms with Crippen LogP contribution in [0.5, 0.6) is 0 Å². The van der Waals surface area contributed by atoms with Gasteiger partial charge < -0.3 is 15.3 Å². The number of nitrogens with zero attached hydrogens (tertiary/aromatic N) is 4. The predicted octanol–water partition coefficient (Wildman–Crippen LogP) is 4.18. The number of carbonyl (C=O) groups is 1. The molecule has 1 saturated heterocycles. The second-order valence-corrected chi connectivity index (χ2v) is 12.4. The first-order valence-electron chi connectivity index (χ1n) is 14.0. The van der Waals surface area contributed by atoms with Crippen molar-refractivity contribution in [3.05, 3.63) is 52.2 Å². The van der Waals surface area contributed by atoms with E-state index in [-0.39, 0.29) is 51.1 Å². The summed E-state index contributed by atoms with van der Waals surface area (Å²) in [5.74, 6) is -2.67. The van der Waals surface area contributed by atoms with Crippen LogP contribution < -0.4 is 5.32 Å². The van der Waals surface area contributed by atoms with Crippen molar-refractivity contribution in [2.75, 3.05) is 39.5 Å². The minimum Gasteiger partial charge on any atom is -0.390 e. The molecule has 0 radical (unpaired) electrons. The topological polar surface area (TPSA) is 90.7 Å². The maximum Gasteiger partial charge on any atom is 0.416 e. The summed E-state index contributed by atoms with van der Waals surface area (Å²) in [6.07, 6.45) is -1.45. The lowest BCUT2D eigenvalue weighted by molar-refractivity contribution is -0.138. The number of β-amino-alcohol motifs (C(OH)–C–C–N with tert-alkyl or cyclic N) is 1. The number of aliphatic hydroxyl groups is 1. The van der Waals surface area contributed by atoms with Gasteiger partial charge in [-0.2, -0.15) is 18.3 Å². The number of piperidine rings is 1. The zero-order valence-electron chi connectivity index (χ0n) is 24.9. The fourth-order valence-corrected chi connectivity index (χ4v) is 5.84. The van der Waals surface area contributed by atoms with Crippen LogP contribution in [0.1, 0.15) is 49.1 Å². The molecule has 1 fully saturated rings. The van der Waals surface area contributed by atoms with Crippen LogP contribution in [0.3, 0.4) is 0 Å². The van der Waals surface area contributed by atoms with E-state index < -0.39 is 34.8 Å². The molecule has 0 saturated carbocycles. The van der Waals surface area contributed by atoms with Gasteiger partial charge in [-0.25, -0.2) is 17.3 Å². The van der Waals surface area contributed by atoms with Crippen molar-refractivity contribution < 1.29 is 36.1 Å². The van der Waals surface area contributed by atoms with Gasteiger partial charge in [0.2, 0.25) is 0 Å². The summed E-state index contributed by atoms with van der Waals surface area (Å²) >= 11 is 0. The molecule has 43 heavy (non-hydrogen) atoms. The minimum absolute atomic E-state index is 0.0181. The van der Waals surface area contributed by atoms with E-state index in [1.807, 2.05) is 13.8 Å². The van der Waals surface area contributed by atoms with Gasteiger partial charge in [-0.3, -0.25) is 9.48 Å². The molecule has 0 spiro atoms. The zero-order valence-corrected chi connectivity index (χ0v) is 25.7. The third-order valence-electron chi connectivity index (χ3n) is 7.36. The molecule has 2 aliphatic heterocycles. The van der Waals surface area contributed by atoms with Crippen LogP contribution in [-0.2, 0) is 48.0 Å². The minimum atomic E-state index is -4.50. The molecule has 0 amide bonds. The van der Waals surface area contributed by atoms with Crippen molar-refractivity contribution in [1.82, 2.24) is 24.3 Å². The summed E-state index contributed by atoms with van der Waals surface area (Å²) in [5.41, 5.74) is 3.00. The molecule has 2 unspecified atom stereocenters. The summed E-state index contributed by atoms with van der Waals surface area (Å²) < 4.78 is 83.2. The van der Waals surface area contributed by atoms with Crippen LogP contribution in [0, 0.1) is 0 Å². The van der Waals surface area contributed by atoms with E-state index in [2.05, 4.69) is 5.32 Å². The van der Waals surface area contributed by atoms with Gasteiger partial charge in [0.15, 0.2) is 0 Å². The maximum atomic E-state index is 13.5. The fraction of sp³-hybridized carbons (Fsp3) is 0.586. The van der Waals surface area contributed by atoms with Crippen molar-refractivity contribution in [3.63, 3.8) is 0 Å². The van der Waals surface area contributed by atoms with Crippen LogP contribution in [0.4, 0.5) is 22.0 Å². The Morgan fingerprint density at radius 1 is 1.19 bits per heavy atom. The lowest BCUT2D eigenvalue weighted by Crippen LogP contribution is -2.43. The molecule has 4 rings (SSSR count). The van der Waals surface area contributed by atoms with Crippen LogP contribution in [0.2, 0.25) is 0 Å². The number of nitrogens with one attached hydrogen (secondary N) is 1. The Morgan fingerprint density at radius 2 is 1.86 bits per heavy atom. The fourth-order valence-electron chi connectivity index (χ4n) is 5.18. The summed E-state index contributed by atoms with van der Waals surface area (Å²) in [7, 11) is 0.333. The van der Waals surface area contributed by atoms with Gasteiger partial charge in [0.1, 0.15) is 6.29 Å². The number of fused-ring (bicyclic) bond motifs is 1. The standard InChI is InChI=1S/C24H32F5N5O2S.C5H8O/c1-30-12-17-11-16(3-4-20(17)24(27,28)29)22-19-15-33(37(2)36)8-5-21(19)34(31-22)14-18(35)13-32-9-6-23(25,26)7-10-32;1-5(2)3-4-6/h3-4,11,18,30,35H,5-10,12-15H2,1-2H3;3-4H,1-2H3. The molecule has 14 heteroatoms. The van der Waals surface area contributed by atoms with Crippen molar-refractivity contribution >= 4 is 17.3 Å². The van der Waals surface area contributed by atoms with Crippen LogP contribution in [-0.4, -0.2) is 86.1 Å². The molecule has 8 nitrogen and oxygen atoms in total. The SMILES string of the molecule is CC(C)=CC=O.CNCc1cc(-c2nn(CC(O)CN3CCC(F)(F)CC3)c3c2CN(S(C)=O)CC3)ccc1C(F)(F)F. The Kier molecular flexibility index (Phi) is 12.2. The summed E-state index contributed by atoms with van der Waals surface area (Å²) in [5, 5.41) is 18.2. The number of carbonyl (C=O) groups excluding carboxylic acids is 1. The number of aromatic nitrogens is 2. The predicted molar refractivity (Wildman–Crippen MR) is 156 cm³/mol. The highest BCUT2D eigenvalue weighted by molar-refractivity contribution is 7.81. The van der Waals surface area contributed by atoms with Gasteiger partial charge in [-0.1, -0.05) is 11.6 Å². The molecule has 2 aromatic rings. The molecule has 2 aliphatic rings. The van der Waals surface area contributed by atoms with Gasteiger partial charge in [-0.05, 0) is 44.7 Å². The molecule has 3 heterocycles. The van der Waals surface area contributed by atoms with E-state index in [0.29, 0.717) is 30.8 Å². The van der Waals surface area contributed by atoms with Crippen molar-refractivity contribution in [2.45, 2.75) is 70.9 Å². The zero-order chi connectivity index (χ0) is 31.9. The van der Waals surface area contributed by atoms with Crippen molar-refractivity contribution in [1.29, 1.82) is 0 Å². The quantitative estimate of drug-likeness (QED) is 0.245. The van der Waals surface area contributed by atoms with Crippen LogP contribution >= 0.6 is 0 Å². The van der Waals surface area contributed by atoms with Crippen LogP contribution in [0.15, 0.2) is 29.8 Å². The Bertz CT molecular complexity index is 1300. The van der Waals surface area contributed by atoms with Crippen molar-refractivity contribution in [2.24, 2.45) is 0 Å². The van der Waals surface area contributed by atoms with Crippen LogP contribution in [0.25, 0.3) is 11.3 Å². The van der Waals surface area contributed by atoms with E-state index in [1.54, 1.807) is 27.2 Å². The Morgan fingerprint density at radius 3 is 2.40 bits per heavy atom. The molecule has 0 aliphatic carbocycles. The van der Waals surface area contributed by atoms with E-state index >= 15 is 0 Å². The number of hydrogen-bond acceptors (Lipinski definition) is 6. The highest BCUT2D eigenvalue weighted by Gasteiger charge is 2.36. The van der Waals surface area contributed by atoms with E-state index in [4.69, 9.17) is 5.10 Å². The highest BCUT2D eigenvalue weighted by atomic mass is 32.2. The Hall–Kier alpha value is -2.52. The lowest BCUT2D eigenvalue weighted by Gasteiger charge is -2.33. The Labute approximate surface area is 251 Å². The smallest absolute Gasteiger partial charge is 0.390 e. The summed E-state index contributed by atoms with van der Waals surface area (Å²) in [4.78, 5) is 11.3. The number of rotatable bonds is 9. The van der Waals surface area contributed by atoms with E-state index in [1.165, 1.54) is 18.2 Å². The summed E-state index contributed by atoms with van der Waals surface area (Å²) in [6.45, 7) is 5.34. The number of aliphatic hydroxyl groups excluding tert-OH is 1. The highest BCUT2D eigenvalue weighted by Crippen LogP contribution is 2.37. The second-order valence-electron chi connectivity index (χ2n) is 11.1. The van der Waals surface area contributed by atoms with Gasteiger partial charge in [0.05, 0.1) is 34.9 Å². The second kappa shape index (κ2) is 15.0. The number of likely N-dealkylation sites (tertiary alicyclic amines) is 1. The molecule has 240 valence electrons. The molecule has 2 atom stereocenters. The first kappa shape index (κ1) is 35.0. The van der Waals surface area contributed by atoms with E-state index in [0.717, 1.165) is 29.2 Å². The first-order valence-corrected chi connectivity index (χ1v) is 15.6. The Balaban J connectivity index is 0.000000765. The van der Waals surface area contributed by atoms with Gasteiger partial charge in [0, 0.05) is 81.6 Å². The van der Waals surface area contributed by atoms with E-state index in [9.17, 15) is 36.1 Å². The number of hydrogen-bond donors (Lipinski definition) is 2. The molecule has 0 bridgehead atoms. The number of benzene rings is 1. The largest absolute Gasteiger partial charge is 0.416 e. The average molecular weight is 634 g/mol. The molecule has 1 aromatic carbocycles. The molecule has 1 aromatic heterocycles. The summed E-state index contributed by atoms with van der Waals surface area (Å²) in [6, 6.07) is 3.91.